The number of carbonyl (C=O) groups excluding carboxylic acids is 1. The molecule has 0 saturated heterocycles. The van der Waals surface area contributed by atoms with Crippen molar-refractivity contribution in [2.24, 2.45) is 7.05 Å². The molecule has 1 heterocycles. The van der Waals surface area contributed by atoms with Crippen LogP contribution in [0, 0.1) is 0 Å². The van der Waals surface area contributed by atoms with Crippen LogP contribution < -0.4 is 10.6 Å². The van der Waals surface area contributed by atoms with Crippen LogP contribution in [0.1, 0.15) is 38.9 Å². The molecule has 0 aliphatic carbocycles. The van der Waals surface area contributed by atoms with E-state index in [-0.39, 0.29) is 11.9 Å². The zero-order valence-corrected chi connectivity index (χ0v) is 11.4. The van der Waals surface area contributed by atoms with E-state index in [2.05, 4.69) is 27.8 Å². The molecular formula is C12H23N5O. The molecule has 102 valence electrons. The Balaban J connectivity index is 2.21. The minimum Gasteiger partial charge on any atom is -0.355 e. The van der Waals surface area contributed by atoms with Gasteiger partial charge in [0.1, 0.15) is 12.2 Å². The van der Waals surface area contributed by atoms with Crippen LogP contribution in [-0.2, 0) is 18.4 Å². The van der Waals surface area contributed by atoms with Gasteiger partial charge in [-0.15, -0.1) is 10.2 Å². The molecule has 2 N–H and O–H groups in total. The quantitative estimate of drug-likeness (QED) is 0.666. The Morgan fingerprint density at radius 3 is 2.89 bits per heavy atom. The Labute approximate surface area is 108 Å². The molecule has 1 atom stereocenters. The van der Waals surface area contributed by atoms with Gasteiger partial charge in [-0.25, -0.2) is 0 Å². The smallest absolute Gasteiger partial charge is 0.236 e. The van der Waals surface area contributed by atoms with Crippen molar-refractivity contribution < 1.29 is 4.79 Å². The molecule has 0 fully saturated rings. The molecule has 1 rings (SSSR count). The van der Waals surface area contributed by atoms with Crippen LogP contribution in [0.4, 0.5) is 0 Å². The van der Waals surface area contributed by atoms with E-state index in [9.17, 15) is 4.79 Å². The number of rotatable bonds is 8. The summed E-state index contributed by atoms with van der Waals surface area (Å²) in [4.78, 5) is 11.7. The summed E-state index contributed by atoms with van der Waals surface area (Å²) in [5.74, 6) is 0.855. The highest BCUT2D eigenvalue weighted by Crippen LogP contribution is 1.94. The van der Waals surface area contributed by atoms with Crippen molar-refractivity contribution in [2.45, 2.75) is 45.7 Å². The molecule has 6 heteroatoms. The first-order chi connectivity index (χ1) is 8.65. The molecule has 0 radical (unpaired) electrons. The summed E-state index contributed by atoms with van der Waals surface area (Å²) in [7, 11) is 1.88. The summed E-state index contributed by atoms with van der Waals surface area (Å²) in [5.41, 5.74) is 0. The molecule has 0 aromatic carbocycles. The van der Waals surface area contributed by atoms with Crippen LogP contribution in [0.15, 0.2) is 6.33 Å². The number of aromatic nitrogens is 3. The lowest BCUT2D eigenvalue weighted by Crippen LogP contribution is -2.42. The predicted octanol–water partition coefficient (Wildman–Crippen LogP) is 0.600. The van der Waals surface area contributed by atoms with Crippen molar-refractivity contribution in [1.29, 1.82) is 0 Å². The van der Waals surface area contributed by atoms with Crippen molar-refractivity contribution in [3.63, 3.8) is 0 Å². The second-order valence-corrected chi connectivity index (χ2v) is 4.46. The van der Waals surface area contributed by atoms with Crippen LogP contribution in [-0.4, -0.2) is 33.3 Å². The van der Waals surface area contributed by atoms with Crippen LogP contribution >= 0.6 is 0 Å². The van der Waals surface area contributed by atoms with Crippen molar-refractivity contribution in [3.05, 3.63) is 12.2 Å². The zero-order valence-electron chi connectivity index (χ0n) is 11.4. The highest BCUT2D eigenvalue weighted by atomic mass is 16.2. The number of hydrogen-bond acceptors (Lipinski definition) is 4. The Hall–Kier alpha value is -1.43. The van der Waals surface area contributed by atoms with E-state index in [1.165, 1.54) is 0 Å². The second kappa shape index (κ2) is 7.81. The van der Waals surface area contributed by atoms with E-state index < -0.39 is 0 Å². The SMILES string of the molecule is CCCCCNC(=O)C(C)NCc1nncn1C. The van der Waals surface area contributed by atoms with Crippen LogP contribution in [0.5, 0.6) is 0 Å². The van der Waals surface area contributed by atoms with Gasteiger partial charge >= 0.3 is 0 Å². The summed E-state index contributed by atoms with van der Waals surface area (Å²) in [5, 5.41) is 13.8. The number of unbranched alkanes of at least 4 members (excludes halogenated alkanes) is 2. The Kier molecular flexibility index (Phi) is 6.35. The zero-order chi connectivity index (χ0) is 13.4. The normalized spacial score (nSPS) is 12.4. The van der Waals surface area contributed by atoms with E-state index in [4.69, 9.17) is 0 Å². The fraction of sp³-hybridized carbons (Fsp3) is 0.750. The van der Waals surface area contributed by atoms with E-state index in [1.807, 2.05) is 18.5 Å². The fourth-order valence-electron chi connectivity index (χ4n) is 1.54. The number of aryl methyl sites for hydroxylation is 1. The third kappa shape index (κ3) is 4.83. The molecular weight excluding hydrogens is 230 g/mol. The Bertz CT molecular complexity index is 363. The second-order valence-electron chi connectivity index (χ2n) is 4.46. The molecule has 18 heavy (non-hydrogen) atoms. The highest BCUT2D eigenvalue weighted by molar-refractivity contribution is 5.81. The number of carbonyl (C=O) groups is 1. The van der Waals surface area contributed by atoms with Crippen LogP contribution in [0.25, 0.3) is 0 Å². The third-order valence-corrected chi connectivity index (χ3v) is 2.84. The first-order valence-corrected chi connectivity index (χ1v) is 6.49. The van der Waals surface area contributed by atoms with Gasteiger partial charge in [0.05, 0.1) is 12.6 Å². The van der Waals surface area contributed by atoms with Crippen LogP contribution in [0.2, 0.25) is 0 Å². The Morgan fingerprint density at radius 1 is 1.50 bits per heavy atom. The van der Waals surface area contributed by atoms with Gasteiger partial charge in [0.2, 0.25) is 5.91 Å². The van der Waals surface area contributed by atoms with Gasteiger partial charge in [0, 0.05) is 13.6 Å². The minimum atomic E-state index is -0.219. The van der Waals surface area contributed by atoms with Crippen molar-refractivity contribution >= 4 is 5.91 Å². The summed E-state index contributed by atoms with van der Waals surface area (Å²) in [6.07, 6.45) is 5.00. The lowest BCUT2D eigenvalue weighted by atomic mass is 10.2. The first kappa shape index (κ1) is 14.6. The number of nitrogens with one attached hydrogen (secondary N) is 2. The third-order valence-electron chi connectivity index (χ3n) is 2.84. The molecule has 0 bridgehead atoms. The largest absolute Gasteiger partial charge is 0.355 e. The van der Waals surface area contributed by atoms with E-state index in [1.54, 1.807) is 6.33 Å². The summed E-state index contributed by atoms with van der Waals surface area (Å²) in [6.45, 7) is 5.29. The average molecular weight is 253 g/mol. The molecule has 0 aliphatic heterocycles. The molecule has 1 amide bonds. The van der Waals surface area contributed by atoms with Gasteiger partial charge in [-0.1, -0.05) is 19.8 Å². The van der Waals surface area contributed by atoms with Crippen molar-refractivity contribution in [3.8, 4) is 0 Å². The monoisotopic (exact) mass is 253 g/mol. The average Bonchev–Trinajstić information content (AvgIpc) is 2.77. The highest BCUT2D eigenvalue weighted by Gasteiger charge is 2.12. The first-order valence-electron chi connectivity index (χ1n) is 6.49. The fourth-order valence-corrected chi connectivity index (χ4v) is 1.54. The maximum absolute atomic E-state index is 11.7. The standard InChI is InChI=1S/C12H23N5O/c1-4-5-6-7-13-12(18)10(2)14-8-11-16-15-9-17(11)3/h9-10,14H,4-8H2,1-3H3,(H,13,18). The van der Waals surface area contributed by atoms with E-state index >= 15 is 0 Å². The van der Waals surface area contributed by atoms with Crippen molar-refractivity contribution in [1.82, 2.24) is 25.4 Å². The lowest BCUT2D eigenvalue weighted by Gasteiger charge is -2.13. The lowest BCUT2D eigenvalue weighted by molar-refractivity contribution is -0.122. The molecule has 1 aromatic heterocycles. The maximum atomic E-state index is 11.7. The summed E-state index contributed by atoms with van der Waals surface area (Å²) < 4.78 is 1.83. The van der Waals surface area contributed by atoms with E-state index in [0.717, 1.165) is 31.6 Å². The molecule has 0 saturated carbocycles. The molecule has 0 spiro atoms. The van der Waals surface area contributed by atoms with E-state index in [0.29, 0.717) is 6.54 Å². The van der Waals surface area contributed by atoms with Gasteiger partial charge in [-0.05, 0) is 13.3 Å². The van der Waals surface area contributed by atoms with Gasteiger partial charge in [-0.2, -0.15) is 0 Å². The summed E-state index contributed by atoms with van der Waals surface area (Å²) in [6, 6.07) is -0.219. The minimum absolute atomic E-state index is 0.0354. The molecule has 6 nitrogen and oxygen atoms in total. The predicted molar refractivity (Wildman–Crippen MR) is 69.8 cm³/mol. The van der Waals surface area contributed by atoms with Gasteiger partial charge < -0.3 is 9.88 Å². The number of hydrogen-bond donors (Lipinski definition) is 2. The molecule has 1 unspecified atom stereocenters. The Morgan fingerprint density at radius 2 is 2.28 bits per heavy atom. The summed E-state index contributed by atoms with van der Waals surface area (Å²) >= 11 is 0. The van der Waals surface area contributed by atoms with Crippen molar-refractivity contribution in [2.75, 3.05) is 6.54 Å². The number of amides is 1. The number of nitrogens with zero attached hydrogens (tertiary/aromatic N) is 3. The van der Waals surface area contributed by atoms with Gasteiger partial charge in [0.15, 0.2) is 0 Å². The maximum Gasteiger partial charge on any atom is 0.236 e. The molecule has 0 aliphatic rings. The van der Waals surface area contributed by atoms with Crippen LogP contribution in [0.3, 0.4) is 0 Å². The molecule has 1 aromatic rings. The van der Waals surface area contributed by atoms with Gasteiger partial charge in [-0.3, -0.25) is 10.1 Å². The van der Waals surface area contributed by atoms with Gasteiger partial charge in [0.25, 0.3) is 0 Å². The topological polar surface area (TPSA) is 71.8 Å².